The number of aryl methyl sites for hydroxylation is 1. The predicted molar refractivity (Wildman–Crippen MR) is 128 cm³/mol. The molecule has 1 saturated heterocycles. The van der Waals surface area contributed by atoms with Gasteiger partial charge in [0.05, 0.1) is 18.8 Å². The summed E-state index contributed by atoms with van der Waals surface area (Å²) < 4.78 is 6.04. The van der Waals surface area contributed by atoms with Crippen molar-refractivity contribution in [2.75, 3.05) is 31.6 Å². The third-order valence-electron chi connectivity index (χ3n) is 6.28. The molecule has 1 aliphatic heterocycles. The fourth-order valence-electron chi connectivity index (χ4n) is 4.79. The van der Waals surface area contributed by atoms with E-state index < -0.39 is 0 Å². The molecular weight excluding hydrogens is 422 g/mol. The van der Waals surface area contributed by atoms with Crippen molar-refractivity contribution in [1.29, 1.82) is 0 Å². The van der Waals surface area contributed by atoms with E-state index in [9.17, 15) is 4.79 Å². The smallest absolute Gasteiger partial charge is 0.237 e. The largest absolute Gasteiger partial charge is 0.369 e. The van der Waals surface area contributed by atoms with Gasteiger partial charge in [-0.05, 0) is 45.7 Å². The first-order chi connectivity index (χ1) is 15.5. The number of hydrogen-bond donors (Lipinski definition) is 1. The molecule has 32 heavy (non-hydrogen) atoms. The molecule has 2 aliphatic rings. The number of thiazole rings is 1. The van der Waals surface area contributed by atoms with Gasteiger partial charge in [0.1, 0.15) is 11.9 Å². The molecule has 0 bridgehead atoms. The molecule has 174 valence electrons. The molecule has 0 unspecified atom stereocenters. The van der Waals surface area contributed by atoms with Crippen molar-refractivity contribution >= 4 is 28.2 Å². The zero-order chi connectivity index (χ0) is 22.5. The van der Waals surface area contributed by atoms with Crippen molar-refractivity contribution in [3.8, 4) is 0 Å². The number of morpholine rings is 1. The standard InChI is InChI=1S/C24H35N5O2S/c1-17(2)29(19-8-5-4-6-9-19)23(30)16-28-12-13-31-21(15-28)20-10-7-11-22(26-20)27-24-25-14-18(3)32-24/h7,10-11,14,17,19,21H,4-6,8-9,12-13,15-16H2,1-3H3,(H,25,26,27)/t21-/m0/s1. The van der Waals surface area contributed by atoms with Gasteiger partial charge < -0.3 is 15.0 Å². The van der Waals surface area contributed by atoms with Crippen LogP contribution in [0.5, 0.6) is 0 Å². The van der Waals surface area contributed by atoms with E-state index in [-0.39, 0.29) is 18.1 Å². The van der Waals surface area contributed by atoms with Gasteiger partial charge in [-0.3, -0.25) is 9.69 Å². The highest BCUT2D eigenvalue weighted by Crippen LogP contribution is 2.27. The van der Waals surface area contributed by atoms with Crippen LogP contribution in [0.15, 0.2) is 24.4 Å². The van der Waals surface area contributed by atoms with Crippen molar-refractivity contribution in [3.05, 3.63) is 35.0 Å². The number of carbonyl (C=O) groups is 1. The van der Waals surface area contributed by atoms with E-state index >= 15 is 0 Å². The first-order valence-corrected chi connectivity index (χ1v) is 12.6. The van der Waals surface area contributed by atoms with E-state index in [1.807, 2.05) is 31.3 Å². The summed E-state index contributed by atoms with van der Waals surface area (Å²) in [7, 11) is 0. The van der Waals surface area contributed by atoms with Crippen molar-refractivity contribution in [1.82, 2.24) is 19.8 Å². The number of nitrogens with zero attached hydrogens (tertiary/aromatic N) is 4. The average molecular weight is 458 g/mol. The number of pyridine rings is 1. The fraction of sp³-hybridized carbons (Fsp3) is 0.625. The molecule has 8 heteroatoms. The summed E-state index contributed by atoms with van der Waals surface area (Å²) in [6.07, 6.45) is 7.75. The van der Waals surface area contributed by atoms with Gasteiger partial charge in [-0.1, -0.05) is 25.3 Å². The van der Waals surface area contributed by atoms with Gasteiger partial charge in [-0.15, -0.1) is 11.3 Å². The Labute approximate surface area is 195 Å². The maximum absolute atomic E-state index is 13.3. The molecule has 0 aromatic carbocycles. The average Bonchev–Trinajstić information content (AvgIpc) is 3.19. The number of rotatable bonds is 7. The summed E-state index contributed by atoms with van der Waals surface area (Å²) in [6, 6.07) is 6.56. The number of aromatic nitrogens is 2. The van der Waals surface area contributed by atoms with E-state index in [0.717, 1.165) is 40.9 Å². The number of carbonyl (C=O) groups excluding carboxylic acids is 1. The summed E-state index contributed by atoms with van der Waals surface area (Å²) >= 11 is 1.60. The highest BCUT2D eigenvalue weighted by Gasteiger charge is 2.31. The van der Waals surface area contributed by atoms with E-state index in [0.29, 0.717) is 25.7 Å². The second-order valence-electron chi connectivity index (χ2n) is 9.13. The summed E-state index contributed by atoms with van der Waals surface area (Å²) in [5.74, 6) is 1.01. The Morgan fingerprint density at radius 3 is 2.84 bits per heavy atom. The molecule has 2 aromatic rings. The lowest BCUT2D eigenvalue weighted by Crippen LogP contribution is -2.51. The van der Waals surface area contributed by atoms with E-state index in [1.165, 1.54) is 19.3 Å². The number of anilines is 2. The third-order valence-corrected chi connectivity index (χ3v) is 7.11. The van der Waals surface area contributed by atoms with Crippen molar-refractivity contribution in [2.45, 2.75) is 71.1 Å². The zero-order valence-electron chi connectivity index (χ0n) is 19.4. The molecule has 1 atom stereocenters. The van der Waals surface area contributed by atoms with Gasteiger partial charge in [-0.2, -0.15) is 0 Å². The second kappa shape index (κ2) is 10.7. The molecule has 1 saturated carbocycles. The quantitative estimate of drug-likeness (QED) is 0.659. The molecule has 2 fully saturated rings. The number of amides is 1. The lowest BCUT2D eigenvalue weighted by Gasteiger charge is -2.39. The molecule has 0 spiro atoms. The van der Waals surface area contributed by atoms with Gasteiger partial charge in [0.2, 0.25) is 5.91 Å². The lowest BCUT2D eigenvalue weighted by atomic mass is 9.93. The molecule has 7 nitrogen and oxygen atoms in total. The Balaban J connectivity index is 1.38. The molecule has 1 aliphatic carbocycles. The Bertz CT molecular complexity index is 896. The van der Waals surface area contributed by atoms with Crippen LogP contribution >= 0.6 is 11.3 Å². The molecular formula is C24H35N5O2S. The zero-order valence-corrected chi connectivity index (χ0v) is 20.2. The SMILES string of the molecule is Cc1cnc(Nc2cccc([C@@H]3CN(CC(=O)N(C(C)C)C4CCCCC4)CCO3)n2)s1. The van der Waals surface area contributed by atoms with Gasteiger partial charge in [0, 0.05) is 36.2 Å². The third kappa shape index (κ3) is 5.85. The first-order valence-electron chi connectivity index (χ1n) is 11.8. The van der Waals surface area contributed by atoms with Crippen molar-refractivity contribution in [3.63, 3.8) is 0 Å². The topological polar surface area (TPSA) is 70.6 Å². The van der Waals surface area contributed by atoms with E-state index in [4.69, 9.17) is 9.72 Å². The lowest BCUT2D eigenvalue weighted by molar-refractivity contribution is -0.139. The number of nitrogens with one attached hydrogen (secondary N) is 1. The minimum Gasteiger partial charge on any atom is -0.369 e. The fourth-order valence-corrected chi connectivity index (χ4v) is 5.46. The number of hydrogen-bond acceptors (Lipinski definition) is 7. The van der Waals surface area contributed by atoms with Crippen LogP contribution < -0.4 is 5.32 Å². The summed E-state index contributed by atoms with van der Waals surface area (Å²) in [4.78, 5) is 27.9. The maximum atomic E-state index is 13.3. The second-order valence-corrected chi connectivity index (χ2v) is 10.4. The Morgan fingerprint density at radius 1 is 1.31 bits per heavy atom. The van der Waals surface area contributed by atoms with Crippen LogP contribution in [0.25, 0.3) is 0 Å². The maximum Gasteiger partial charge on any atom is 0.237 e. The highest BCUT2D eigenvalue weighted by atomic mass is 32.1. The normalized spacial score (nSPS) is 20.4. The van der Waals surface area contributed by atoms with Crippen LogP contribution in [0.2, 0.25) is 0 Å². The molecule has 1 amide bonds. The Morgan fingerprint density at radius 2 is 2.12 bits per heavy atom. The first kappa shape index (κ1) is 23.1. The van der Waals surface area contributed by atoms with Gasteiger partial charge in [-0.25, -0.2) is 9.97 Å². The minimum absolute atomic E-state index is 0.140. The molecule has 3 heterocycles. The van der Waals surface area contributed by atoms with Crippen LogP contribution in [0.3, 0.4) is 0 Å². The van der Waals surface area contributed by atoms with Gasteiger partial charge >= 0.3 is 0 Å². The minimum atomic E-state index is -0.140. The van der Waals surface area contributed by atoms with Gasteiger partial charge in [0.15, 0.2) is 5.13 Å². The van der Waals surface area contributed by atoms with Crippen molar-refractivity contribution in [2.24, 2.45) is 0 Å². The summed E-state index contributed by atoms with van der Waals surface area (Å²) in [5, 5.41) is 4.11. The van der Waals surface area contributed by atoms with E-state index in [1.54, 1.807) is 11.3 Å². The van der Waals surface area contributed by atoms with Crippen LogP contribution in [0.1, 0.15) is 62.6 Å². The molecule has 4 rings (SSSR count). The molecule has 0 radical (unpaired) electrons. The van der Waals surface area contributed by atoms with Crippen molar-refractivity contribution < 1.29 is 9.53 Å². The van der Waals surface area contributed by atoms with Crippen LogP contribution in [-0.4, -0.2) is 64.0 Å². The van der Waals surface area contributed by atoms with Crippen LogP contribution in [-0.2, 0) is 9.53 Å². The van der Waals surface area contributed by atoms with Crippen LogP contribution in [0.4, 0.5) is 10.9 Å². The summed E-state index contributed by atoms with van der Waals surface area (Å²) in [5.41, 5.74) is 0.883. The van der Waals surface area contributed by atoms with E-state index in [2.05, 4.69) is 33.9 Å². The Hall–Kier alpha value is -2.03. The highest BCUT2D eigenvalue weighted by molar-refractivity contribution is 7.15. The molecule has 1 N–H and O–H groups in total. The summed E-state index contributed by atoms with van der Waals surface area (Å²) in [6.45, 7) is 8.82. The Kier molecular flexibility index (Phi) is 7.75. The molecule has 2 aromatic heterocycles. The van der Waals surface area contributed by atoms with Crippen LogP contribution in [0, 0.1) is 6.92 Å². The number of ether oxygens (including phenoxy) is 1. The predicted octanol–water partition coefficient (Wildman–Crippen LogP) is 4.53. The van der Waals surface area contributed by atoms with Gasteiger partial charge in [0.25, 0.3) is 0 Å². The monoisotopic (exact) mass is 457 g/mol.